The molecule has 0 saturated heterocycles. The molecule has 0 aliphatic carbocycles. The first-order valence-electron chi connectivity index (χ1n) is 12.6. The molecule has 4 heteroatoms. The van der Waals surface area contributed by atoms with Gasteiger partial charge in [0.1, 0.15) is 0 Å². The Morgan fingerprint density at radius 1 is 0.421 bits per heavy atom. The normalized spacial score (nSPS) is 11.7. The summed E-state index contributed by atoms with van der Waals surface area (Å²) in [7, 11) is 0. The summed E-state index contributed by atoms with van der Waals surface area (Å²) in [6, 6.07) is 39.0. The summed E-state index contributed by atoms with van der Waals surface area (Å²) in [5.74, 6) is 0. The molecule has 0 N–H and O–H groups in total. The van der Waals surface area contributed by atoms with E-state index in [2.05, 4.69) is 120 Å². The van der Waals surface area contributed by atoms with Crippen molar-refractivity contribution < 1.29 is 0 Å². The molecular weight excluding hydrogens is 501 g/mol. The molecule has 8 rings (SSSR count). The fraction of sp³-hybridized carbons (Fsp3) is 0. The monoisotopic (exact) mass is 520 g/mol. The number of fused-ring (bicyclic) bond motifs is 6. The Morgan fingerprint density at radius 2 is 0.895 bits per heavy atom. The molecule has 4 heterocycles. The molecule has 0 bridgehead atoms. The van der Waals surface area contributed by atoms with Gasteiger partial charge in [0.15, 0.2) is 0 Å². The lowest BCUT2D eigenvalue weighted by Crippen LogP contribution is -1.95. The largest absolute Gasteiger partial charge is 0.246 e. The number of rotatable bonds is 3. The van der Waals surface area contributed by atoms with Crippen LogP contribution in [0.4, 0.5) is 0 Å². The van der Waals surface area contributed by atoms with Gasteiger partial charge in [0.2, 0.25) is 0 Å². The number of hydrogen-bond acceptors (Lipinski definition) is 4. The van der Waals surface area contributed by atoms with Crippen molar-refractivity contribution in [3.05, 3.63) is 120 Å². The smallest absolute Gasteiger partial charge is 0.0888 e. The highest BCUT2D eigenvalue weighted by molar-refractivity contribution is 7.14. The molecule has 4 aromatic heterocycles. The Morgan fingerprint density at radius 3 is 1.34 bits per heavy atom. The maximum Gasteiger partial charge on any atom is 0.0888 e. The van der Waals surface area contributed by atoms with E-state index in [1.807, 2.05) is 0 Å². The van der Waals surface area contributed by atoms with Gasteiger partial charge in [0.05, 0.1) is 32.2 Å². The SMILES string of the molecule is c1csc(-c2nc3ccc4ccccc4c3cc2-c2cc3c(ccc4ccccc43)nc2-c2cccs2)c1. The van der Waals surface area contributed by atoms with Crippen molar-refractivity contribution in [3.63, 3.8) is 0 Å². The molecule has 0 aliphatic heterocycles. The molecule has 4 aromatic carbocycles. The number of pyridine rings is 2. The zero-order chi connectivity index (χ0) is 25.1. The fourth-order valence-electron chi connectivity index (χ4n) is 5.47. The van der Waals surface area contributed by atoms with Crippen LogP contribution in [0.2, 0.25) is 0 Å². The number of thiophene rings is 2. The van der Waals surface area contributed by atoms with Crippen LogP contribution in [0.3, 0.4) is 0 Å². The van der Waals surface area contributed by atoms with E-state index in [9.17, 15) is 0 Å². The second-order valence-electron chi connectivity index (χ2n) is 9.43. The van der Waals surface area contributed by atoms with E-state index in [0.29, 0.717) is 0 Å². The Kier molecular flexibility index (Phi) is 4.90. The van der Waals surface area contributed by atoms with Crippen LogP contribution in [-0.2, 0) is 0 Å². The van der Waals surface area contributed by atoms with Crippen LogP contribution in [0.15, 0.2) is 120 Å². The van der Waals surface area contributed by atoms with Gasteiger partial charge in [-0.05, 0) is 68.7 Å². The van der Waals surface area contributed by atoms with E-state index in [4.69, 9.17) is 9.97 Å². The third-order valence-electron chi connectivity index (χ3n) is 7.25. The second-order valence-corrected chi connectivity index (χ2v) is 11.3. The zero-order valence-corrected chi connectivity index (χ0v) is 21.9. The van der Waals surface area contributed by atoms with Gasteiger partial charge in [-0.25, -0.2) is 9.97 Å². The van der Waals surface area contributed by atoms with Gasteiger partial charge in [0.25, 0.3) is 0 Å². The summed E-state index contributed by atoms with van der Waals surface area (Å²) in [4.78, 5) is 12.9. The maximum atomic E-state index is 5.30. The minimum Gasteiger partial charge on any atom is -0.246 e. The van der Waals surface area contributed by atoms with E-state index in [1.54, 1.807) is 22.7 Å². The molecule has 0 atom stereocenters. The summed E-state index contributed by atoms with van der Waals surface area (Å²) < 4.78 is 0. The molecule has 0 unspecified atom stereocenters. The average Bonchev–Trinajstić information content (AvgIpc) is 3.71. The molecule has 0 spiro atoms. The molecule has 178 valence electrons. The Balaban J connectivity index is 1.54. The van der Waals surface area contributed by atoms with Crippen molar-refractivity contribution >= 4 is 66.0 Å². The molecule has 0 fully saturated rings. The first-order valence-corrected chi connectivity index (χ1v) is 14.3. The van der Waals surface area contributed by atoms with Crippen molar-refractivity contribution in [2.75, 3.05) is 0 Å². The Labute approximate surface area is 227 Å². The average molecular weight is 521 g/mol. The number of nitrogens with zero attached hydrogens (tertiary/aromatic N) is 2. The number of hydrogen-bond donors (Lipinski definition) is 0. The molecule has 0 saturated carbocycles. The van der Waals surface area contributed by atoms with Gasteiger partial charge in [-0.15, -0.1) is 22.7 Å². The van der Waals surface area contributed by atoms with Crippen molar-refractivity contribution in [1.29, 1.82) is 0 Å². The van der Waals surface area contributed by atoms with Crippen LogP contribution >= 0.6 is 22.7 Å². The molecule has 0 aliphatic rings. The molecular formula is C34H20N2S2. The van der Waals surface area contributed by atoms with Gasteiger partial charge in [-0.1, -0.05) is 72.8 Å². The van der Waals surface area contributed by atoms with E-state index in [1.165, 1.54) is 21.5 Å². The molecule has 8 aromatic rings. The van der Waals surface area contributed by atoms with Crippen molar-refractivity contribution in [2.24, 2.45) is 0 Å². The van der Waals surface area contributed by atoms with Crippen LogP contribution in [0, 0.1) is 0 Å². The molecule has 2 nitrogen and oxygen atoms in total. The zero-order valence-electron chi connectivity index (χ0n) is 20.3. The van der Waals surface area contributed by atoms with Crippen LogP contribution in [0.5, 0.6) is 0 Å². The van der Waals surface area contributed by atoms with Crippen LogP contribution in [-0.4, -0.2) is 9.97 Å². The highest BCUT2D eigenvalue weighted by Gasteiger charge is 2.20. The lowest BCUT2D eigenvalue weighted by Gasteiger charge is -2.16. The summed E-state index contributed by atoms with van der Waals surface area (Å²) >= 11 is 3.45. The van der Waals surface area contributed by atoms with Crippen molar-refractivity contribution in [2.45, 2.75) is 0 Å². The Bertz CT molecular complexity index is 1970. The van der Waals surface area contributed by atoms with Gasteiger partial charge in [-0.2, -0.15) is 0 Å². The Hall–Kier alpha value is -4.38. The van der Waals surface area contributed by atoms with E-state index < -0.39 is 0 Å². The van der Waals surface area contributed by atoms with E-state index in [-0.39, 0.29) is 0 Å². The highest BCUT2D eigenvalue weighted by Crippen LogP contribution is 2.43. The van der Waals surface area contributed by atoms with Crippen molar-refractivity contribution in [3.8, 4) is 32.3 Å². The molecule has 0 amide bonds. The van der Waals surface area contributed by atoms with Gasteiger partial charge in [-0.3, -0.25) is 0 Å². The third-order valence-corrected chi connectivity index (χ3v) is 9.00. The summed E-state index contributed by atoms with van der Waals surface area (Å²) in [6.07, 6.45) is 0. The molecule has 0 radical (unpaired) electrons. The third kappa shape index (κ3) is 3.38. The molecule has 38 heavy (non-hydrogen) atoms. The van der Waals surface area contributed by atoms with Gasteiger partial charge in [0, 0.05) is 21.9 Å². The first kappa shape index (κ1) is 21.7. The fourth-order valence-corrected chi connectivity index (χ4v) is 6.92. The predicted octanol–water partition coefficient (Wildman–Crippen LogP) is 10.2. The number of aromatic nitrogens is 2. The van der Waals surface area contributed by atoms with E-state index >= 15 is 0 Å². The second kappa shape index (κ2) is 8.59. The van der Waals surface area contributed by atoms with Crippen LogP contribution in [0.25, 0.3) is 75.6 Å². The lowest BCUT2D eigenvalue weighted by atomic mass is 9.94. The van der Waals surface area contributed by atoms with Crippen LogP contribution in [0.1, 0.15) is 0 Å². The number of benzene rings is 4. The highest BCUT2D eigenvalue weighted by atomic mass is 32.1. The first-order chi connectivity index (χ1) is 18.8. The predicted molar refractivity (Wildman–Crippen MR) is 164 cm³/mol. The van der Waals surface area contributed by atoms with Crippen molar-refractivity contribution in [1.82, 2.24) is 9.97 Å². The van der Waals surface area contributed by atoms with Gasteiger partial charge >= 0.3 is 0 Å². The lowest BCUT2D eigenvalue weighted by molar-refractivity contribution is 1.39. The quantitative estimate of drug-likeness (QED) is 0.217. The maximum absolute atomic E-state index is 5.30. The van der Waals surface area contributed by atoms with Crippen LogP contribution < -0.4 is 0 Å². The standard InChI is InChI=1S/C34H20N2S2/c1-3-9-23-21(7-1)13-15-29-25(23)19-27(33(35-29)31-11-5-17-37-31)28-20-26-24-10-4-2-8-22(24)14-16-30(26)36-34(28)32-12-6-18-38-32/h1-20H. The minimum atomic E-state index is 1.00. The minimum absolute atomic E-state index is 1.00. The summed E-state index contributed by atoms with van der Waals surface area (Å²) in [5, 5.41) is 11.4. The van der Waals surface area contributed by atoms with E-state index in [0.717, 1.165) is 54.1 Å². The van der Waals surface area contributed by atoms with Gasteiger partial charge < -0.3 is 0 Å². The summed E-state index contributed by atoms with van der Waals surface area (Å²) in [6.45, 7) is 0. The topological polar surface area (TPSA) is 25.8 Å². The summed E-state index contributed by atoms with van der Waals surface area (Å²) in [5.41, 5.74) is 6.24.